The molecule has 0 atom stereocenters. The molecule has 0 spiro atoms. The number of benzene rings is 1. The van der Waals surface area contributed by atoms with Crippen LogP contribution >= 0.6 is 0 Å². The van der Waals surface area contributed by atoms with Crippen LogP contribution in [0.5, 0.6) is 0 Å². The molecule has 0 fully saturated rings. The van der Waals surface area contributed by atoms with E-state index in [0.29, 0.717) is 5.41 Å². The molecule has 0 N–H and O–H groups in total. The van der Waals surface area contributed by atoms with Gasteiger partial charge in [-0.05, 0) is 63.4 Å². The molecule has 114 valence electrons. The summed E-state index contributed by atoms with van der Waals surface area (Å²) in [5.41, 5.74) is 6.73. The zero-order valence-electron chi connectivity index (χ0n) is 14.2. The fraction of sp³-hybridized carbons (Fsp3) is 0.524. The standard InChI is InChI=1S/C21H30/c1-17(12-14-19-10-6-5-7-11-19)13-15-20-18(2)9-8-16-21(20,3)4/h5-7,10-12H,8-9,13-16H2,1-4H3/b17-12+. The van der Waals surface area contributed by atoms with E-state index in [1.807, 2.05) is 0 Å². The highest BCUT2D eigenvalue weighted by atomic mass is 14.3. The van der Waals surface area contributed by atoms with Gasteiger partial charge in [-0.1, -0.05) is 67.0 Å². The van der Waals surface area contributed by atoms with Gasteiger partial charge in [-0.15, -0.1) is 0 Å². The largest absolute Gasteiger partial charge is 0.0812 e. The molecule has 0 heteroatoms. The highest BCUT2D eigenvalue weighted by Crippen LogP contribution is 2.42. The Morgan fingerprint density at radius 2 is 1.90 bits per heavy atom. The maximum atomic E-state index is 2.42. The summed E-state index contributed by atoms with van der Waals surface area (Å²) in [5.74, 6) is 0. The fourth-order valence-corrected chi connectivity index (χ4v) is 3.56. The molecule has 0 amide bonds. The first-order valence-corrected chi connectivity index (χ1v) is 8.38. The lowest BCUT2D eigenvalue weighted by molar-refractivity contribution is 0.354. The average molecular weight is 282 g/mol. The smallest absolute Gasteiger partial charge is 0.00949 e. The van der Waals surface area contributed by atoms with Crippen LogP contribution < -0.4 is 0 Å². The molecule has 21 heavy (non-hydrogen) atoms. The van der Waals surface area contributed by atoms with Crippen molar-refractivity contribution in [3.05, 3.63) is 58.7 Å². The first-order valence-electron chi connectivity index (χ1n) is 8.38. The van der Waals surface area contributed by atoms with Crippen LogP contribution in [0.1, 0.15) is 65.4 Å². The fourth-order valence-electron chi connectivity index (χ4n) is 3.56. The van der Waals surface area contributed by atoms with Crippen LogP contribution in [0.15, 0.2) is 53.1 Å². The van der Waals surface area contributed by atoms with Crippen molar-refractivity contribution in [3.63, 3.8) is 0 Å². The Kier molecular flexibility index (Phi) is 5.45. The molecule has 1 aliphatic carbocycles. The van der Waals surface area contributed by atoms with Gasteiger partial charge < -0.3 is 0 Å². The Morgan fingerprint density at radius 1 is 1.19 bits per heavy atom. The van der Waals surface area contributed by atoms with Gasteiger partial charge in [0.1, 0.15) is 0 Å². The third-order valence-corrected chi connectivity index (χ3v) is 4.98. The molecule has 0 heterocycles. The summed E-state index contributed by atoms with van der Waals surface area (Å²) in [6.07, 6.45) is 9.96. The molecule has 0 radical (unpaired) electrons. The number of hydrogen-bond donors (Lipinski definition) is 0. The molecule has 2 rings (SSSR count). The lowest BCUT2D eigenvalue weighted by atomic mass is 9.71. The van der Waals surface area contributed by atoms with Crippen LogP contribution in [0.2, 0.25) is 0 Å². The molecule has 0 bridgehead atoms. The molecule has 1 aromatic rings. The first kappa shape index (κ1) is 16.1. The molecule has 0 nitrogen and oxygen atoms in total. The summed E-state index contributed by atoms with van der Waals surface area (Å²) in [7, 11) is 0. The number of allylic oxidation sites excluding steroid dienone is 4. The van der Waals surface area contributed by atoms with Crippen molar-refractivity contribution in [1.82, 2.24) is 0 Å². The molecule has 0 saturated carbocycles. The van der Waals surface area contributed by atoms with E-state index in [-0.39, 0.29) is 0 Å². The highest BCUT2D eigenvalue weighted by molar-refractivity contribution is 5.24. The third kappa shape index (κ3) is 4.59. The minimum Gasteiger partial charge on any atom is -0.0812 e. The van der Waals surface area contributed by atoms with E-state index in [1.165, 1.54) is 43.2 Å². The van der Waals surface area contributed by atoms with Gasteiger partial charge in [0, 0.05) is 0 Å². The predicted octanol–water partition coefficient (Wildman–Crippen LogP) is 6.48. The van der Waals surface area contributed by atoms with Gasteiger partial charge in [0.05, 0.1) is 0 Å². The summed E-state index contributed by atoms with van der Waals surface area (Å²) in [6, 6.07) is 10.7. The molecular formula is C21H30. The van der Waals surface area contributed by atoms with Crippen LogP contribution in [-0.4, -0.2) is 0 Å². The summed E-state index contributed by atoms with van der Waals surface area (Å²) >= 11 is 0. The maximum Gasteiger partial charge on any atom is -0.00949 e. The van der Waals surface area contributed by atoms with Crippen molar-refractivity contribution in [3.8, 4) is 0 Å². The quantitative estimate of drug-likeness (QED) is 0.542. The van der Waals surface area contributed by atoms with Gasteiger partial charge in [0.15, 0.2) is 0 Å². The van der Waals surface area contributed by atoms with E-state index in [0.717, 1.165) is 6.42 Å². The van der Waals surface area contributed by atoms with E-state index in [4.69, 9.17) is 0 Å². The van der Waals surface area contributed by atoms with Crippen LogP contribution in [0.4, 0.5) is 0 Å². The van der Waals surface area contributed by atoms with E-state index in [9.17, 15) is 0 Å². The van der Waals surface area contributed by atoms with Crippen molar-refractivity contribution in [2.45, 2.75) is 66.2 Å². The Bertz CT molecular complexity index is 514. The van der Waals surface area contributed by atoms with Gasteiger partial charge in [-0.2, -0.15) is 0 Å². The van der Waals surface area contributed by atoms with E-state index in [1.54, 1.807) is 11.1 Å². The second kappa shape index (κ2) is 7.11. The van der Waals surface area contributed by atoms with Crippen LogP contribution in [0.25, 0.3) is 0 Å². The molecule has 1 aromatic carbocycles. The lowest BCUT2D eigenvalue weighted by Crippen LogP contribution is -2.20. The summed E-state index contributed by atoms with van der Waals surface area (Å²) in [4.78, 5) is 0. The number of hydrogen-bond acceptors (Lipinski definition) is 0. The topological polar surface area (TPSA) is 0 Å². The molecule has 1 aliphatic rings. The van der Waals surface area contributed by atoms with Gasteiger partial charge in [0.25, 0.3) is 0 Å². The maximum absolute atomic E-state index is 2.42. The Balaban J connectivity index is 1.93. The van der Waals surface area contributed by atoms with Gasteiger partial charge in [-0.3, -0.25) is 0 Å². The number of rotatable bonds is 5. The summed E-state index contributed by atoms with van der Waals surface area (Å²) in [6.45, 7) is 9.48. The summed E-state index contributed by atoms with van der Waals surface area (Å²) in [5, 5.41) is 0. The second-order valence-corrected chi connectivity index (χ2v) is 7.24. The van der Waals surface area contributed by atoms with Crippen molar-refractivity contribution in [2.75, 3.05) is 0 Å². The Labute approximate surface area is 131 Å². The zero-order valence-corrected chi connectivity index (χ0v) is 14.2. The Hall–Kier alpha value is -1.30. The van der Waals surface area contributed by atoms with Crippen LogP contribution in [-0.2, 0) is 6.42 Å². The van der Waals surface area contributed by atoms with Crippen molar-refractivity contribution in [2.24, 2.45) is 5.41 Å². The monoisotopic (exact) mass is 282 g/mol. The predicted molar refractivity (Wildman–Crippen MR) is 93.5 cm³/mol. The second-order valence-electron chi connectivity index (χ2n) is 7.24. The average Bonchev–Trinajstić information content (AvgIpc) is 2.45. The molecule has 0 saturated heterocycles. The van der Waals surface area contributed by atoms with Crippen molar-refractivity contribution in [1.29, 1.82) is 0 Å². The molecular weight excluding hydrogens is 252 g/mol. The van der Waals surface area contributed by atoms with Crippen molar-refractivity contribution >= 4 is 0 Å². The van der Waals surface area contributed by atoms with E-state index < -0.39 is 0 Å². The molecule has 0 aromatic heterocycles. The zero-order chi connectivity index (χ0) is 15.3. The molecule has 0 unspecified atom stereocenters. The van der Waals surface area contributed by atoms with Gasteiger partial charge in [0.2, 0.25) is 0 Å². The minimum absolute atomic E-state index is 0.419. The minimum atomic E-state index is 0.419. The van der Waals surface area contributed by atoms with Gasteiger partial charge in [-0.25, -0.2) is 0 Å². The van der Waals surface area contributed by atoms with Crippen LogP contribution in [0.3, 0.4) is 0 Å². The Morgan fingerprint density at radius 3 is 2.57 bits per heavy atom. The summed E-state index contributed by atoms with van der Waals surface area (Å²) < 4.78 is 0. The van der Waals surface area contributed by atoms with Gasteiger partial charge >= 0.3 is 0 Å². The SMILES string of the molecule is CC1=C(CC/C(C)=C/Cc2ccccc2)C(C)(C)CCC1. The van der Waals surface area contributed by atoms with E-state index in [2.05, 4.69) is 64.1 Å². The third-order valence-electron chi connectivity index (χ3n) is 4.98. The first-order chi connectivity index (χ1) is 9.99. The highest BCUT2D eigenvalue weighted by Gasteiger charge is 2.27. The van der Waals surface area contributed by atoms with E-state index >= 15 is 0 Å². The lowest BCUT2D eigenvalue weighted by Gasteiger charge is -2.35. The van der Waals surface area contributed by atoms with Crippen LogP contribution in [0, 0.1) is 5.41 Å². The van der Waals surface area contributed by atoms with Crippen molar-refractivity contribution < 1.29 is 0 Å². The molecule has 0 aliphatic heterocycles. The normalized spacial score (nSPS) is 19.0.